The van der Waals surface area contributed by atoms with Gasteiger partial charge in [0.1, 0.15) is 23.0 Å². The molecule has 4 atom stereocenters. The first-order valence-corrected chi connectivity index (χ1v) is 15.8. The Balaban J connectivity index is 1.84. The van der Waals surface area contributed by atoms with Crippen LogP contribution in [-0.2, 0) is 14.9 Å². The second-order valence-corrected chi connectivity index (χ2v) is 11.1. The van der Waals surface area contributed by atoms with E-state index in [4.69, 9.17) is 28.4 Å². The largest absolute Gasteiger partial charge is 0.465 e. The van der Waals surface area contributed by atoms with Crippen molar-refractivity contribution < 1.29 is 38.6 Å². The maximum absolute atomic E-state index is 10.3. The maximum Gasteiger partial charge on any atom is 0.199 e. The molecule has 0 spiro atoms. The van der Waals surface area contributed by atoms with E-state index < -0.39 is 30.6 Å². The van der Waals surface area contributed by atoms with Crippen LogP contribution in [-0.4, -0.2) is 35.4 Å². The van der Waals surface area contributed by atoms with Gasteiger partial charge in [-0.1, -0.05) is 87.7 Å². The minimum atomic E-state index is -1.000. The number of hydrogen-bond donors (Lipinski definition) is 2. The number of ether oxygens (including phenoxy) is 6. The summed E-state index contributed by atoms with van der Waals surface area (Å²) < 4.78 is 35.9. The molecular weight excluding hydrogens is 596 g/mol. The molecule has 8 heteroatoms. The first-order valence-electron chi connectivity index (χ1n) is 15.8. The average molecular weight is 639 g/mol. The Morgan fingerprint density at radius 3 is 1.40 bits per heavy atom. The van der Waals surface area contributed by atoms with E-state index in [1.807, 2.05) is 62.4 Å². The van der Waals surface area contributed by atoms with E-state index in [0.29, 0.717) is 35.8 Å². The van der Waals surface area contributed by atoms with Gasteiger partial charge in [-0.05, 0) is 61.1 Å². The summed E-state index contributed by atoms with van der Waals surface area (Å²) in [5, 5.41) is 20.6. The summed E-state index contributed by atoms with van der Waals surface area (Å²) in [6.45, 7) is 14.6. The molecule has 1 aliphatic rings. The lowest BCUT2D eigenvalue weighted by Gasteiger charge is -2.37. The van der Waals surface area contributed by atoms with Gasteiger partial charge in [-0.25, -0.2) is 0 Å². The van der Waals surface area contributed by atoms with E-state index in [9.17, 15) is 10.2 Å². The van der Waals surface area contributed by atoms with Gasteiger partial charge in [0.2, 0.25) is 0 Å². The average Bonchev–Trinajstić information content (AvgIpc) is 3.36. The van der Waals surface area contributed by atoms with Crippen molar-refractivity contribution in [3.05, 3.63) is 133 Å². The van der Waals surface area contributed by atoms with Crippen molar-refractivity contribution in [3.8, 4) is 34.1 Å². The summed E-state index contributed by atoms with van der Waals surface area (Å²) in [5.74, 6) is 1.96. The minimum absolute atomic E-state index is 0.400. The fourth-order valence-electron chi connectivity index (χ4n) is 6.17. The topological polar surface area (TPSA) is 95.8 Å². The quantitative estimate of drug-likeness (QED) is 0.0829. The minimum Gasteiger partial charge on any atom is -0.465 e. The van der Waals surface area contributed by atoms with Crippen LogP contribution < -0.4 is 18.9 Å². The van der Waals surface area contributed by atoms with Crippen molar-refractivity contribution in [1.82, 2.24) is 0 Å². The zero-order chi connectivity index (χ0) is 33.6. The van der Waals surface area contributed by atoms with Gasteiger partial charge in [-0.3, -0.25) is 0 Å². The molecule has 246 valence electrons. The van der Waals surface area contributed by atoms with Crippen molar-refractivity contribution >= 4 is 0 Å². The molecule has 0 radical (unpaired) electrons. The summed E-state index contributed by atoms with van der Waals surface area (Å²) in [7, 11) is 0. The van der Waals surface area contributed by atoms with Crippen LogP contribution in [0.2, 0.25) is 0 Å². The Morgan fingerprint density at radius 1 is 0.617 bits per heavy atom. The molecule has 0 aromatic heterocycles. The standard InChI is InChI=1S/C39H42O8/c1-7-37(40)46-25(5)44-35-23-27(42-9-3)19-21-33(35)39(31-17-13-11-15-29(31)30-16-12-14-18-32(30)39)34-22-20-28(43-10-4)24-36(34)45-26(6)47-38(41)8-2/h9-26,37-38,40-41H,3-4,7-8H2,1-2,5-6H3. The van der Waals surface area contributed by atoms with Crippen molar-refractivity contribution in [2.45, 2.75) is 71.1 Å². The molecule has 47 heavy (non-hydrogen) atoms. The molecule has 5 rings (SSSR count). The number of hydrogen-bond acceptors (Lipinski definition) is 8. The molecule has 4 aromatic rings. The SMILES string of the molecule is C=COc1ccc(C2(c3ccc(OC=C)cc3OC(C)OC(O)CC)c3ccccc3-c3ccccc32)c(OC(C)OC(O)CC)c1. The van der Waals surface area contributed by atoms with E-state index in [0.717, 1.165) is 33.4 Å². The lowest BCUT2D eigenvalue weighted by Crippen LogP contribution is -2.32. The van der Waals surface area contributed by atoms with Crippen LogP contribution in [0.15, 0.2) is 111 Å². The van der Waals surface area contributed by atoms with Gasteiger partial charge in [0.25, 0.3) is 0 Å². The van der Waals surface area contributed by atoms with Crippen LogP contribution in [0.5, 0.6) is 23.0 Å². The molecule has 0 heterocycles. The fourth-order valence-corrected chi connectivity index (χ4v) is 6.17. The second-order valence-electron chi connectivity index (χ2n) is 11.1. The number of aliphatic hydroxyl groups is 2. The molecule has 0 amide bonds. The third-order valence-corrected chi connectivity index (χ3v) is 8.09. The third-order valence-electron chi connectivity index (χ3n) is 8.09. The number of fused-ring (bicyclic) bond motifs is 3. The second kappa shape index (κ2) is 14.9. The molecule has 0 saturated carbocycles. The highest BCUT2D eigenvalue weighted by Crippen LogP contribution is 2.60. The predicted octanol–water partition coefficient (Wildman–Crippen LogP) is 8.03. The van der Waals surface area contributed by atoms with Crippen LogP contribution in [0.4, 0.5) is 0 Å². The van der Waals surface area contributed by atoms with E-state index in [1.165, 1.54) is 12.5 Å². The smallest absolute Gasteiger partial charge is 0.199 e. The first-order chi connectivity index (χ1) is 22.8. The lowest BCUT2D eigenvalue weighted by molar-refractivity contribution is -0.189. The van der Waals surface area contributed by atoms with Gasteiger partial charge in [-0.15, -0.1) is 0 Å². The van der Waals surface area contributed by atoms with Gasteiger partial charge in [0, 0.05) is 23.3 Å². The van der Waals surface area contributed by atoms with Gasteiger partial charge in [-0.2, -0.15) is 0 Å². The Morgan fingerprint density at radius 2 is 1.02 bits per heavy atom. The summed E-state index contributed by atoms with van der Waals surface area (Å²) in [6.07, 6.45) is -0.113. The number of aliphatic hydroxyl groups excluding tert-OH is 2. The highest BCUT2D eigenvalue weighted by atomic mass is 16.7. The summed E-state index contributed by atoms with van der Waals surface area (Å²) >= 11 is 0. The van der Waals surface area contributed by atoms with E-state index in [2.05, 4.69) is 37.4 Å². The van der Waals surface area contributed by atoms with Crippen LogP contribution in [0.3, 0.4) is 0 Å². The van der Waals surface area contributed by atoms with Crippen molar-refractivity contribution in [2.24, 2.45) is 0 Å². The molecule has 0 fully saturated rings. The molecule has 4 aromatic carbocycles. The van der Waals surface area contributed by atoms with Crippen LogP contribution in [0.1, 0.15) is 62.8 Å². The predicted molar refractivity (Wildman–Crippen MR) is 180 cm³/mol. The molecule has 4 unspecified atom stereocenters. The molecule has 0 aliphatic heterocycles. The highest BCUT2D eigenvalue weighted by Gasteiger charge is 2.49. The highest BCUT2D eigenvalue weighted by molar-refractivity contribution is 5.87. The number of rotatable bonds is 16. The Labute approximate surface area is 276 Å². The fraction of sp³-hybridized carbons (Fsp3) is 0.282. The van der Waals surface area contributed by atoms with Crippen LogP contribution >= 0.6 is 0 Å². The van der Waals surface area contributed by atoms with Gasteiger partial charge < -0.3 is 38.6 Å². The Hall–Kier alpha value is -4.60. The van der Waals surface area contributed by atoms with E-state index in [-0.39, 0.29) is 0 Å². The molecule has 1 aliphatic carbocycles. The molecule has 0 saturated heterocycles. The monoisotopic (exact) mass is 638 g/mol. The third kappa shape index (κ3) is 6.77. The van der Waals surface area contributed by atoms with Crippen molar-refractivity contribution in [2.75, 3.05) is 0 Å². The summed E-state index contributed by atoms with van der Waals surface area (Å²) in [6, 6.07) is 27.7. The van der Waals surface area contributed by atoms with E-state index in [1.54, 1.807) is 26.0 Å². The normalized spacial score (nSPS) is 15.4. The molecule has 0 bridgehead atoms. The molecule has 2 N–H and O–H groups in total. The van der Waals surface area contributed by atoms with Gasteiger partial charge in [0.15, 0.2) is 25.2 Å². The number of benzene rings is 4. The Bertz CT molecular complexity index is 1570. The summed E-state index contributed by atoms with van der Waals surface area (Å²) in [5.41, 5.74) is 4.64. The molecular formula is C39H42O8. The van der Waals surface area contributed by atoms with Crippen molar-refractivity contribution in [3.63, 3.8) is 0 Å². The van der Waals surface area contributed by atoms with E-state index >= 15 is 0 Å². The zero-order valence-electron chi connectivity index (χ0n) is 27.2. The first kappa shape index (κ1) is 33.8. The molecule has 8 nitrogen and oxygen atoms in total. The van der Waals surface area contributed by atoms with Crippen LogP contribution in [0.25, 0.3) is 11.1 Å². The van der Waals surface area contributed by atoms with Gasteiger partial charge in [0.05, 0.1) is 17.9 Å². The Kier molecular flexibility index (Phi) is 10.7. The van der Waals surface area contributed by atoms with Gasteiger partial charge >= 0.3 is 0 Å². The zero-order valence-corrected chi connectivity index (χ0v) is 27.2. The van der Waals surface area contributed by atoms with Crippen LogP contribution in [0, 0.1) is 0 Å². The maximum atomic E-state index is 10.3. The summed E-state index contributed by atoms with van der Waals surface area (Å²) in [4.78, 5) is 0. The van der Waals surface area contributed by atoms with Crippen molar-refractivity contribution in [1.29, 1.82) is 0 Å². The lowest BCUT2D eigenvalue weighted by atomic mass is 9.67.